The van der Waals surface area contributed by atoms with Gasteiger partial charge in [-0.3, -0.25) is 0 Å². The van der Waals surface area contributed by atoms with Crippen LogP contribution in [-0.4, -0.2) is 0 Å². The molecule has 29 heavy (non-hydrogen) atoms. The summed E-state index contributed by atoms with van der Waals surface area (Å²) in [5, 5.41) is 5.57. The van der Waals surface area contributed by atoms with Crippen LogP contribution in [-0.2, 0) is 36.7 Å². The quantitative estimate of drug-likeness (QED) is 0.153. The van der Waals surface area contributed by atoms with Crippen molar-refractivity contribution in [3.05, 3.63) is 82.9 Å². The van der Waals surface area contributed by atoms with Crippen LogP contribution in [0, 0.1) is 13.8 Å². The van der Waals surface area contributed by atoms with Crippen molar-refractivity contribution in [3.8, 4) is 0 Å². The van der Waals surface area contributed by atoms with E-state index in [9.17, 15) is 0 Å². The van der Waals surface area contributed by atoms with Crippen molar-refractivity contribution >= 4 is 21.5 Å². The number of rotatable bonds is 0. The zero-order valence-electron chi connectivity index (χ0n) is 19.3. The normalized spacial score (nSPS) is 11.9. The monoisotopic (exact) mass is 550 g/mol. The summed E-state index contributed by atoms with van der Waals surface area (Å²) in [4.78, 5) is 0. The minimum atomic E-state index is 0. The Kier molecular flexibility index (Phi) is 7.16. The molecule has 0 spiro atoms. The van der Waals surface area contributed by atoms with Crippen molar-refractivity contribution in [2.75, 3.05) is 0 Å². The Morgan fingerprint density at radius 3 is 1.24 bits per heavy atom. The molecule has 0 fully saturated rings. The van der Waals surface area contributed by atoms with E-state index in [1.165, 1.54) is 43.8 Å². The third-order valence-corrected chi connectivity index (χ3v) is 5.41. The van der Waals surface area contributed by atoms with Crippen molar-refractivity contribution in [1.82, 2.24) is 0 Å². The molecule has 0 N–H and O–H groups in total. The third-order valence-electron chi connectivity index (χ3n) is 5.41. The summed E-state index contributed by atoms with van der Waals surface area (Å²) in [6.45, 7) is 17.9. The Labute approximate surface area is 195 Å². The first-order valence-corrected chi connectivity index (χ1v) is 10.3. The molecule has 0 unspecified atom stereocenters. The zero-order valence-corrected chi connectivity index (χ0v) is 22.9. The fourth-order valence-corrected chi connectivity index (χ4v) is 4.08. The summed E-state index contributed by atoms with van der Waals surface area (Å²) in [7, 11) is 0. The summed E-state index contributed by atoms with van der Waals surface area (Å²) in [6.07, 6.45) is 0. The number of hydrogen-bond donors (Lipinski definition) is 0. The van der Waals surface area contributed by atoms with Gasteiger partial charge in [-0.1, -0.05) is 78.6 Å². The van der Waals surface area contributed by atoms with Gasteiger partial charge in [0.1, 0.15) is 0 Å². The van der Waals surface area contributed by atoms with Crippen molar-refractivity contribution in [2.45, 2.75) is 66.2 Å². The predicted molar refractivity (Wildman–Crippen MR) is 126 cm³/mol. The van der Waals surface area contributed by atoms with E-state index in [0.29, 0.717) is 0 Å². The molecule has 0 heterocycles. The molecule has 0 aromatic heterocycles. The van der Waals surface area contributed by atoms with Crippen LogP contribution in [0.3, 0.4) is 0 Å². The van der Waals surface area contributed by atoms with Gasteiger partial charge in [0.25, 0.3) is 0 Å². The molecule has 0 amide bonds. The zero-order chi connectivity index (χ0) is 20.7. The molecule has 0 aliphatic heterocycles. The van der Waals surface area contributed by atoms with E-state index in [1.807, 2.05) is 0 Å². The molecule has 0 nitrogen and oxygen atoms in total. The molecule has 1 heteroatoms. The first-order valence-electron chi connectivity index (χ1n) is 10.3. The van der Waals surface area contributed by atoms with E-state index in [0.717, 1.165) is 0 Å². The van der Waals surface area contributed by atoms with Gasteiger partial charge >= 0.3 is 0 Å². The Balaban J connectivity index is 0.000000200. The van der Waals surface area contributed by atoms with Crippen molar-refractivity contribution in [2.24, 2.45) is 0 Å². The number of benzene rings is 2. The molecule has 0 atom stereocenters. The molecule has 0 saturated heterocycles. The fourth-order valence-electron chi connectivity index (χ4n) is 4.08. The van der Waals surface area contributed by atoms with Crippen LogP contribution < -0.4 is 0 Å². The van der Waals surface area contributed by atoms with Crippen LogP contribution >= 0.6 is 0 Å². The third kappa shape index (κ3) is 5.37. The molecule has 0 aliphatic rings. The molecular weight excluding hydrogens is 515 g/mol. The molecule has 152 valence electrons. The van der Waals surface area contributed by atoms with Crippen LogP contribution in [0.2, 0.25) is 0 Å². The second-order valence-electron chi connectivity index (χ2n) is 10.2. The molecular formula is C28H34Hf-2. The van der Waals surface area contributed by atoms with Crippen LogP contribution in [0.4, 0.5) is 0 Å². The summed E-state index contributed by atoms with van der Waals surface area (Å²) in [6, 6.07) is 22.3. The van der Waals surface area contributed by atoms with Crippen molar-refractivity contribution in [3.63, 3.8) is 0 Å². The van der Waals surface area contributed by atoms with Gasteiger partial charge in [0.05, 0.1) is 0 Å². The first-order chi connectivity index (χ1) is 13.0. The SMILES string of the molecule is Cc1cc2c(C(C)(C)C)cccc2[cH-]1.Cc1cc2c(C(C)(C)C)cccc2[cH-]1.[Hf]. The molecule has 4 aromatic carbocycles. The maximum absolute atomic E-state index is 2.29. The summed E-state index contributed by atoms with van der Waals surface area (Å²) in [5.41, 5.74) is 6.08. The van der Waals surface area contributed by atoms with E-state index >= 15 is 0 Å². The molecule has 0 radical (unpaired) electrons. The van der Waals surface area contributed by atoms with Crippen molar-refractivity contribution in [1.29, 1.82) is 0 Å². The minimum Gasteiger partial charge on any atom is -0.165 e. The van der Waals surface area contributed by atoms with E-state index < -0.39 is 0 Å². The van der Waals surface area contributed by atoms with E-state index in [4.69, 9.17) is 0 Å². The van der Waals surface area contributed by atoms with Crippen LogP contribution in [0.15, 0.2) is 60.7 Å². The summed E-state index contributed by atoms with van der Waals surface area (Å²) in [5.74, 6) is 0. The largest absolute Gasteiger partial charge is 0.165 e. The Morgan fingerprint density at radius 1 is 0.586 bits per heavy atom. The second kappa shape index (κ2) is 8.72. The topological polar surface area (TPSA) is 0 Å². The first kappa shape index (κ1) is 23.8. The standard InChI is InChI=1S/2C14H17.Hf/c2*1-10-8-11-6-5-7-13(12(11)9-10)14(2,3)4;/h2*5-9H,1-4H3;/q2*-1;. The average molecular weight is 549 g/mol. The smallest absolute Gasteiger partial charge is 0 e. The number of aryl methyl sites for hydroxylation is 2. The van der Waals surface area contributed by atoms with Gasteiger partial charge in [-0.15, -0.1) is 69.1 Å². The summed E-state index contributed by atoms with van der Waals surface area (Å²) >= 11 is 0. The Hall–Kier alpha value is -1.47. The van der Waals surface area contributed by atoms with Gasteiger partial charge < -0.3 is 0 Å². The molecule has 4 aromatic rings. The average Bonchev–Trinajstić information content (AvgIpc) is 3.12. The maximum Gasteiger partial charge on any atom is 0 e. The molecule has 0 bridgehead atoms. The predicted octanol–water partition coefficient (Wildman–Crippen LogP) is 8.33. The van der Waals surface area contributed by atoms with Gasteiger partial charge in [-0.05, 0) is 10.8 Å². The molecule has 4 rings (SSSR count). The van der Waals surface area contributed by atoms with Crippen LogP contribution in [0.5, 0.6) is 0 Å². The number of hydrogen-bond acceptors (Lipinski definition) is 0. The van der Waals surface area contributed by atoms with Gasteiger partial charge in [-0.2, -0.15) is 12.1 Å². The second-order valence-corrected chi connectivity index (χ2v) is 10.2. The van der Waals surface area contributed by atoms with E-state index in [-0.39, 0.29) is 36.7 Å². The molecule has 0 saturated carbocycles. The Bertz CT molecular complexity index is 1000. The van der Waals surface area contributed by atoms with Gasteiger partial charge in [0, 0.05) is 25.8 Å². The summed E-state index contributed by atoms with van der Waals surface area (Å²) < 4.78 is 0. The van der Waals surface area contributed by atoms with E-state index in [2.05, 4.69) is 116 Å². The van der Waals surface area contributed by atoms with Crippen LogP contribution in [0.1, 0.15) is 63.8 Å². The van der Waals surface area contributed by atoms with Crippen molar-refractivity contribution < 1.29 is 25.8 Å². The maximum atomic E-state index is 2.29. The minimum absolute atomic E-state index is 0. The van der Waals surface area contributed by atoms with Crippen LogP contribution in [0.25, 0.3) is 21.5 Å². The molecule has 0 aliphatic carbocycles. The Morgan fingerprint density at radius 2 is 0.931 bits per heavy atom. The van der Waals surface area contributed by atoms with Gasteiger partial charge in [0.2, 0.25) is 0 Å². The number of fused-ring (bicyclic) bond motifs is 2. The van der Waals surface area contributed by atoms with Gasteiger partial charge in [-0.25, -0.2) is 0 Å². The van der Waals surface area contributed by atoms with E-state index in [1.54, 1.807) is 0 Å². The fraction of sp³-hybridized carbons (Fsp3) is 0.357. The van der Waals surface area contributed by atoms with Gasteiger partial charge in [0.15, 0.2) is 0 Å².